The van der Waals surface area contributed by atoms with Gasteiger partial charge in [-0.15, -0.1) is 0 Å². The van der Waals surface area contributed by atoms with E-state index in [1.165, 1.54) is 25.3 Å². The number of aromatic nitrogens is 2. The summed E-state index contributed by atoms with van der Waals surface area (Å²) in [4.78, 5) is 8.31. The molecule has 10 heteroatoms. The number of halogens is 6. The molecule has 2 heterocycles. The number of hydrogen-bond donors (Lipinski definition) is 0. The van der Waals surface area contributed by atoms with E-state index in [4.69, 9.17) is 8.83 Å². The number of fused-ring (bicyclic) bond motifs is 2. The zero-order valence-corrected chi connectivity index (χ0v) is 19.5. The van der Waals surface area contributed by atoms with E-state index in [0.29, 0.717) is 23.6 Å². The van der Waals surface area contributed by atoms with Gasteiger partial charge in [0.1, 0.15) is 11.0 Å². The lowest BCUT2D eigenvalue weighted by atomic mass is 9.49. The van der Waals surface area contributed by atoms with E-state index in [0.717, 1.165) is 56.0 Å². The fourth-order valence-electron chi connectivity index (χ4n) is 7.83. The Labute approximate surface area is 207 Å². The van der Waals surface area contributed by atoms with Crippen molar-refractivity contribution in [2.24, 2.45) is 17.8 Å². The van der Waals surface area contributed by atoms with Crippen LogP contribution in [0.25, 0.3) is 22.2 Å². The minimum absolute atomic E-state index is 0.00337. The van der Waals surface area contributed by atoms with E-state index in [2.05, 4.69) is 9.97 Å². The molecule has 0 radical (unpaired) electrons. The summed E-state index contributed by atoms with van der Waals surface area (Å²) in [5.74, 6) is 2.18. The maximum Gasteiger partial charge on any atom is 0.411 e. The van der Waals surface area contributed by atoms with Gasteiger partial charge in [0.15, 0.2) is 17.6 Å². The Bertz CT molecular complexity index is 1470. The SMILES string of the molecule is FC(F)(F)C(c1ccc2ocnc2c1)(c1ccc2oc(C34CC5CC(CC(C5)C3)C4)nc2c1)C(F)(F)F. The summed E-state index contributed by atoms with van der Waals surface area (Å²) in [6, 6.07) is 5.57. The molecule has 194 valence electrons. The summed E-state index contributed by atoms with van der Waals surface area (Å²) in [7, 11) is 0. The van der Waals surface area contributed by atoms with Crippen molar-refractivity contribution in [3.05, 3.63) is 59.8 Å². The molecule has 0 atom stereocenters. The molecule has 4 aliphatic carbocycles. The lowest BCUT2D eigenvalue weighted by Gasteiger charge is -2.55. The van der Waals surface area contributed by atoms with Crippen LogP contribution in [0.3, 0.4) is 0 Å². The smallest absolute Gasteiger partial charge is 0.411 e. The number of hydrogen-bond acceptors (Lipinski definition) is 4. The van der Waals surface area contributed by atoms with Crippen molar-refractivity contribution in [3.63, 3.8) is 0 Å². The third kappa shape index (κ3) is 3.16. The van der Waals surface area contributed by atoms with Crippen molar-refractivity contribution in [1.82, 2.24) is 9.97 Å². The number of benzene rings is 2. The van der Waals surface area contributed by atoms with Crippen molar-refractivity contribution in [2.75, 3.05) is 0 Å². The molecule has 2 aromatic heterocycles. The lowest BCUT2D eigenvalue weighted by molar-refractivity contribution is -0.288. The third-order valence-electron chi connectivity index (χ3n) is 8.93. The number of nitrogens with zero attached hydrogens (tertiary/aromatic N) is 2. The summed E-state index contributed by atoms with van der Waals surface area (Å²) in [6.45, 7) is 0. The zero-order chi connectivity index (χ0) is 25.8. The van der Waals surface area contributed by atoms with E-state index in [-0.39, 0.29) is 27.6 Å². The number of oxazole rings is 2. The van der Waals surface area contributed by atoms with Crippen molar-refractivity contribution in [2.45, 2.75) is 61.7 Å². The van der Waals surface area contributed by atoms with Crippen LogP contribution < -0.4 is 0 Å². The molecule has 8 rings (SSSR count). The van der Waals surface area contributed by atoms with Gasteiger partial charge in [-0.05, 0) is 91.7 Å². The third-order valence-corrected chi connectivity index (χ3v) is 8.93. The Balaban J connectivity index is 1.40. The van der Waals surface area contributed by atoms with Gasteiger partial charge in [-0.1, -0.05) is 12.1 Å². The van der Waals surface area contributed by atoms with Gasteiger partial charge in [0.05, 0.1) is 0 Å². The predicted octanol–water partition coefficient (Wildman–Crippen LogP) is 7.85. The van der Waals surface area contributed by atoms with Crippen LogP contribution in [0.4, 0.5) is 26.3 Å². The highest BCUT2D eigenvalue weighted by Gasteiger charge is 2.72. The minimum Gasteiger partial charge on any atom is -0.443 e. The van der Waals surface area contributed by atoms with E-state index in [1.54, 1.807) is 0 Å². The molecule has 0 unspecified atom stereocenters. The van der Waals surface area contributed by atoms with Crippen molar-refractivity contribution in [3.8, 4) is 0 Å². The standard InChI is InChI=1S/C27H22F6N2O2/c28-26(29,30)25(27(31,32)33,17-1-3-21-19(8-17)34-13-36-21)18-2-4-22-20(9-18)35-23(37-22)24-10-14-5-15(11-24)7-16(6-14)12-24/h1-4,8-9,13-16H,5-7,10-12H2. The molecule has 4 aliphatic rings. The summed E-state index contributed by atoms with van der Waals surface area (Å²) < 4.78 is 99.1. The largest absolute Gasteiger partial charge is 0.443 e. The topological polar surface area (TPSA) is 52.1 Å². The number of rotatable bonds is 3. The molecule has 4 saturated carbocycles. The van der Waals surface area contributed by atoms with Gasteiger partial charge < -0.3 is 8.83 Å². The second-order valence-corrected chi connectivity index (χ2v) is 11.2. The van der Waals surface area contributed by atoms with Gasteiger partial charge in [-0.25, -0.2) is 9.97 Å². The predicted molar refractivity (Wildman–Crippen MR) is 121 cm³/mol. The van der Waals surface area contributed by atoms with Gasteiger partial charge in [0.25, 0.3) is 0 Å². The van der Waals surface area contributed by atoms with E-state index in [1.807, 2.05) is 0 Å². The quantitative estimate of drug-likeness (QED) is 0.258. The Hall–Kier alpha value is -3.04. The Kier molecular flexibility index (Phi) is 4.55. The second-order valence-electron chi connectivity index (χ2n) is 11.2. The molecule has 0 spiro atoms. The number of alkyl halides is 6. The summed E-state index contributed by atoms with van der Waals surface area (Å²) in [5, 5.41) is 0. The molecule has 4 bridgehead atoms. The van der Waals surface area contributed by atoms with Crippen LogP contribution in [-0.2, 0) is 10.8 Å². The normalized spacial score (nSPS) is 28.0. The van der Waals surface area contributed by atoms with Crippen molar-refractivity contribution >= 4 is 22.2 Å². The zero-order valence-electron chi connectivity index (χ0n) is 19.5. The van der Waals surface area contributed by atoms with Crippen LogP contribution in [0.5, 0.6) is 0 Å². The molecule has 4 aromatic rings. The average molecular weight is 520 g/mol. The van der Waals surface area contributed by atoms with E-state index < -0.39 is 28.9 Å². The second kappa shape index (κ2) is 7.29. The molecule has 4 fully saturated rings. The van der Waals surface area contributed by atoms with E-state index >= 15 is 0 Å². The Morgan fingerprint density at radius 2 is 1.27 bits per heavy atom. The highest BCUT2D eigenvalue weighted by molar-refractivity contribution is 5.77. The first-order chi connectivity index (χ1) is 17.5. The van der Waals surface area contributed by atoms with Crippen LogP contribution in [0, 0.1) is 17.8 Å². The van der Waals surface area contributed by atoms with Crippen LogP contribution in [0.2, 0.25) is 0 Å². The van der Waals surface area contributed by atoms with Gasteiger partial charge in [-0.2, -0.15) is 26.3 Å². The van der Waals surface area contributed by atoms with Crippen LogP contribution in [-0.4, -0.2) is 22.3 Å². The summed E-state index contributed by atoms with van der Waals surface area (Å²) in [5.41, 5.74) is -6.33. The van der Waals surface area contributed by atoms with Crippen molar-refractivity contribution < 1.29 is 35.2 Å². The molecular weight excluding hydrogens is 498 g/mol. The van der Waals surface area contributed by atoms with Crippen LogP contribution in [0.1, 0.15) is 55.5 Å². The molecule has 37 heavy (non-hydrogen) atoms. The van der Waals surface area contributed by atoms with Crippen LogP contribution >= 0.6 is 0 Å². The van der Waals surface area contributed by atoms with Crippen LogP contribution in [0.15, 0.2) is 51.6 Å². The minimum atomic E-state index is -5.71. The van der Waals surface area contributed by atoms with E-state index in [9.17, 15) is 26.3 Å². The average Bonchev–Trinajstić information content (AvgIpc) is 3.43. The molecule has 4 nitrogen and oxygen atoms in total. The molecule has 0 aliphatic heterocycles. The van der Waals surface area contributed by atoms with Gasteiger partial charge >= 0.3 is 12.4 Å². The first kappa shape index (κ1) is 23.1. The first-order valence-corrected chi connectivity index (χ1v) is 12.4. The maximum atomic E-state index is 14.7. The lowest BCUT2D eigenvalue weighted by Crippen LogP contribution is -2.54. The Morgan fingerprint density at radius 1 is 0.730 bits per heavy atom. The maximum absolute atomic E-state index is 14.7. The molecular formula is C27H22F6N2O2. The van der Waals surface area contributed by atoms with Gasteiger partial charge in [0.2, 0.25) is 11.3 Å². The molecule has 0 amide bonds. The highest BCUT2D eigenvalue weighted by Crippen LogP contribution is 2.61. The summed E-state index contributed by atoms with van der Waals surface area (Å²) >= 11 is 0. The summed E-state index contributed by atoms with van der Waals surface area (Å²) in [6.07, 6.45) is -4.17. The Morgan fingerprint density at radius 3 is 1.84 bits per heavy atom. The molecule has 2 aromatic carbocycles. The molecule has 0 saturated heterocycles. The van der Waals surface area contributed by atoms with Gasteiger partial charge in [0, 0.05) is 5.41 Å². The van der Waals surface area contributed by atoms with Crippen molar-refractivity contribution in [1.29, 1.82) is 0 Å². The first-order valence-electron chi connectivity index (χ1n) is 12.4. The fraction of sp³-hybridized carbons (Fsp3) is 0.481. The molecule has 0 N–H and O–H groups in total. The van der Waals surface area contributed by atoms with Gasteiger partial charge in [-0.3, -0.25) is 0 Å². The highest BCUT2D eigenvalue weighted by atomic mass is 19.4. The monoisotopic (exact) mass is 520 g/mol. The fourth-order valence-corrected chi connectivity index (χ4v) is 7.83.